The third kappa shape index (κ3) is 5.38. The van der Waals surface area contributed by atoms with Gasteiger partial charge in [-0.3, -0.25) is 0 Å². The summed E-state index contributed by atoms with van der Waals surface area (Å²) in [5.74, 6) is -0.274. The number of ether oxygens (including phenoxy) is 1. The summed E-state index contributed by atoms with van der Waals surface area (Å²) in [4.78, 5) is 12.2. The normalized spacial score (nSPS) is 12.7. The van der Waals surface area contributed by atoms with Gasteiger partial charge in [-0.1, -0.05) is 60.7 Å². The molecule has 0 fully saturated rings. The Morgan fingerprint density at radius 1 is 1.09 bits per heavy atom. The molecule has 1 N–H and O–H groups in total. The average Bonchev–Trinajstić information content (AvgIpc) is 2.60. The molecule has 2 aromatic carbocycles. The Bertz CT molecular complexity index is 635. The zero-order valence-electron chi connectivity index (χ0n) is 13.7. The van der Waals surface area contributed by atoms with Gasteiger partial charge >= 0.3 is 5.97 Å². The summed E-state index contributed by atoms with van der Waals surface area (Å²) in [5, 5.41) is 3.39. The van der Waals surface area contributed by atoms with E-state index in [1.807, 2.05) is 61.5 Å². The van der Waals surface area contributed by atoms with Gasteiger partial charge in [-0.15, -0.1) is 0 Å². The standard InChI is InChI=1S/C20H23NO2/c1-3-23-20(22)19(14-17-10-6-4-7-11-17)15-21-16(2)18-12-8-5-9-13-18/h4-14,16,21H,3,15H2,1-2H3/b19-14+/t16-/m0/s1. The lowest BCUT2D eigenvalue weighted by atomic mass is 10.1. The summed E-state index contributed by atoms with van der Waals surface area (Å²) in [6, 6.07) is 20.1. The van der Waals surface area contributed by atoms with E-state index in [9.17, 15) is 4.79 Å². The highest BCUT2D eigenvalue weighted by atomic mass is 16.5. The summed E-state index contributed by atoms with van der Waals surface area (Å²) in [6.07, 6.45) is 1.88. The molecular formula is C20H23NO2. The van der Waals surface area contributed by atoms with Crippen LogP contribution in [0.5, 0.6) is 0 Å². The summed E-state index contributed by atoms with van der Waals surface area (Å²) in [5.41, 5.74) is 2.81. The molecule has 0 amide bonds. The lowest BCUT2D eigenvalue weighted by Gasteiger charge is -2.15. The minimum atomic E-state index is -0.274. The number of hydrogen-bond acceptors (Lipinski definition) is 3. The van der Waals surface area contributed by atoms with Gasteiger partial charge in [0.15, 0.2) is 0 Å². The molecule has 0 radical (unpaired) electrons. The Labute approximate surface area is 138 Å². The number of nitrogens with one attached hydrogen (secondary N) is 1. The molecule has 2 rings (SSSR count). The van der Waals surface area contributed by atoms with Crippen molar-refractivity contribution in [2.24, 2.45) is 0 Å². The van der Waals surface area contributed by atoms with Gasteiger partial charge in [0.1, 0.15) is 0 Å². The molecule has 2 aromatic rings. The van der Waals surface area contributed by atoms with Crippen LogP contribution in [0, 0.1) is 0 Å². The van der Waals surface area contributed by atoms with Crippen molar-refractivity contribution in [3.8, 4) is 0 Å². The predicted molar refractivity (Wildman–Crippen MR) is 93.9 cm³/mol. The molecule has 0 aliphatic rings. The molecule has 0 aliphatic heterocycles. The van der Waals surface area contributed by atoms with Gasteiger partial charge in [0, 0.05) is 12.6 Å². The molecule has 0 unspecified atom stereocenters. The fourth-order valence-electron chi connectivity index (χ4n) is 2.28. The summed E-state index contributed by atoms with van der Waals surface area (Å²) >= 11 is 0. The zero-order valence-corrected chi connectivity index (χ0v) is 13.7. The second-order valence-corrected chi connectivity index (χ2v) is 5.31. The van der Waals surface area contributed by atoms with Crippen LogP contribution in [-0.4, -0.2) is 19.1 Å². The predicted octanol–water partition coefficient (Wildman–Crippen LogP) is 3.98. The fraction of sp³-hybridized carbons (Fsp3) is 0.250. The van der Waals surface area contributed by atoms with Crippen molar-refractivity contribution in [3.05, 3.63) is 77.4 Å². The molecule has 0 heterocycles. The van der Waals surface area contributed by atoms with Gasteiger partial charge in [-0.2, -0.15) is 0 Å². The van der Waals surface area contributed by atoms with Crippen molar-refractivity contribution in [3.63, 3.8) is 0 Å². The first kappa shape index (κ1) is 17.0. The van der Waals surface area contributed by atoms with E-state index in [1.165, 1.54) is 5.56 Å². The second-order valence-electron chi connectivity index (χ2n) is 5.31. The van der Waals surface area contributed by atoms with Gasteiger partial charge in [0.05, 0.1) is 12.2 Å². The Kier molecular flexibility index (Phi) is 6.57. The number of rotatable bonds is 7. The summed E-state index contributed by atoms with van der Waals surface area (Å²) in [6.45, 7) is 4.74. The van der Waals surface area contributed by atoms with E-state index in [2.05, 4.69) is 24.4 Å². The van der Waals surface area contributed by atoms with Crippen LogP contribution in [0.2, 0.25) is 0 Å². The van der Waals surface area contributed by atoms with Crippen LogP contribution in [0.25, 0.3) is 6.08 Å². The van der Waals surface area contributed by atoms with Crippen molar-refractivity contribution >= 4 is 12.0 Å². The molecule has 3 heteroatoms. The Hall–Kier alpha value is -2.39. The molecule has 1 atom stereocenters. The number of hydrogen-bond donors (Lipinski definition) is 1. The molecule has 3 nitrogen and oxygen atoms in total. The maximum absolute atomic E-state index is 12.2. The molecule has 0 saturated carbocycles. The van der Waals surface area contributed by atoms with Crippen molar-refractivity contribution in [2.75, 3.05) is 13.2 Å². The maximum Gasteiger partial charge on any atom is 0.335 e. The largest absolute Gasteiger partial charge is 0.463 e. The quantitative estimate of drug-likeness (QED) is 0.621. The van der Waals surface area contributed by atoms with Crippen LogP contribution < -0.4 is 5.32 Å². The van der Waals surface area contributed by atoms with Crippen LogP contribution in [0.3, 0.4) is 0 Å². The van der Waals surface area contributed by atoms with E-state index in [4.69, 9.17) is 4.74 Å². The molecule has 0 saturated heterocycles. The highest BCUT2D eigenvalue weighted by Gasteiger charge is 2.12. The first-order chi connectivity index (χ1) is 11.2. The van der Waals surface area contributed by atoms with Crippen LogP contribution in [0.15, 0.2) is 66.2 Å². The van der Waals surface area contributed by atoms with Crippen molar-refractivity contribution in [1.29, 1.82) is 0 Å². The van der Waals surface area contributed by atoms with Gasteiger partial charge in [0.25, 0.3) is 0 Å². The Morgan fingerprint density at radius 3 is 2.30 bits per heavy atom. The first-order valence-corrected chi connectivity index (χ1v) is 7.91. The van der Waals surface area contributed by atoms with Gasteiger partial charge in [0.2, 0.25) is 0 Å². The monoisotopic (exact) mass is 309 g/mol. The van der Waals surface area contributed by atoms with Crippen molar-refractivity contribution in [2.45, 2.75) is 19.9 Å². The van der Waals surface area contributed by atoms with E-state index >= 15 is 0 Å². The van der Waals surface area contributed by atoms with Crippen molar-refractivity contribution < 1.29 is 9.53 Å². The minimum Gasteiger partial charge on any atom is -0.463 e. The third-order valence-corrected chi connectivity index (χ3v) is 3.58. The summed E-state index contributed by atoms with van der Waals surface area (Å²) in [7, 11) is 0. The Balaban J connectivity index is 2.09. The highest BCUT2D eigenvalue weighted by Crippen LogP contribution is 2.13. The second kappa shape index (κ2) is 8.91. The van der Waals surface area contributed by atoms with E-state index in [0.29, 0.717) is 18.7 Å². The van der Waals surface area contributed by atoms with E-state index < -0.39 is 0 Å². The van der Waals surface area contributed by atoms with Crippen molar-refractivity contribution in [1.82, 2.24) is 5.32 Å². The smallest absolute Gasteiger partial charge is 0.335 e. The SMILES string of the molecule is CCOC(=O)/C(=C/c1ccccc1)CN[C@@H](C)c1ccccc1. The van der Waals surface area contributed by atoms with Crippen LogP contribution in [-0.2, 0) is 9.53 Å². The number of carbonyl (C=O) groups is 1. The van der Waals surface area contributed by atoms with Gasteiger partial charge < -0.3 is 10.1 Å². The molecule has 120 valence electrons. The van der Waals surface area contributed by atoms with E-state index in [-0.39, 0.29) is 12.0 Å². The van der Waals surface area contributed by atoms with Gasteiger partial charge in [-0.25, -0.2) is 4.79 Å². The average molecular weight is 309 g/mol. The molecule has 0 aromatic heterocycles. The van der Waals surface area contributed by atoms with Crippen LogP contribution in [0.1, 0.15) is 31.0 Å². The highest BCUT2D eigenvalue weighted by molar-refractivity contribution is 5.94. The molecular weight excluding hydrogens is 286 g/mol. The molecule has 23 heavy (non-hydrogen) atoms. The topological polar surface area (TPSA) is 38.3 Å². The third-order valence-electron chi connectivity index (χ3n) is 3.58. The molecule has 0 spiro atoms. The van der Waals surface area contributed by atoms with Gasteiger partial charge in [-0.05, 0) is 31.1 Å². The van der Waals surface area contributed by atoms with E-state index in [0.717, 1.165) is 5.56 Å². The lowest BCUT2D eigenvalue weighted by molar-refractivity contribution is -0.138. The fourth-order valence-corrected chi connectivity index (χ4v) is 2.28. The molecule has 0 bridgehead atoms. The zero-order chi connectivity index (χ0) is 16.5. The maximum atomic E-state index is 12.2. The summed E-state index contributed by atoms with van der Waals surface area (Å²) < 4.78 is 5.17. The number of esters is 1. The minimum absolute atomic E-state index is 0.157. The number of benzene rings is 2. The number of carbonyl (C=O) groups excluding carboxylic acids is 1. The van der Waals surface area contributed by atoms with E-state index in [1.54, 1.807) is 0 Å². The molecule has 0 aliphatic carbocycles. The van der Waals surface area contributed by atoms with Crippen LogP contribution >= 0.6 is 0 Å². The Morgan fingerprint density at radius 2 is 1.70 bits per heavy atom. The lowest BCUT2D eigenvalue weighted by Crippen LogP contribution is -2.25. The van der Waals surface area contributed by atoms with Crippen LogP contribution in [0.4, 0.5) is 0 Å². The first-order valence-electron chi connectivity index (χ1n) is 7.91.